The number of ketones is 1. The summed E-state index contributed by atoms with van der Waals surface area (Å²) in [7, 11) is 3.01. The van der Waals surface area contributed by atoms with Crippen molar-refractivity contribution in [2.75, 3.05) is 25.7 Å². The highest BCUT2D eigenvalue weighted by molar-refractivity contribution is 9.10. The molecule has 1 aromatic rings. The molecule has 1 N–H and O–H groups in total. The van der Waals surface area contributed by atoms with Gasteiger partial charge in [-0.2, -0.15) is 11.8 Å². The molecule has 0 heterocycles. The van der Waals surface area contributed by atoms with Gasteiger partial charge in [-0.1, -0.05) is 0 Å². The van der Waals surface area contributed by atoms with Crippen molar-refractivity contribution in [1.82, 2.24) is 0 Å². The van der Waals surface area contributed by atoms with Gasteiger partial charge in [0.2, 0.25) is 0 Å². The summed E-state index contributed by atoms with van der Waals surface area (Å²) < 4.78 is 11.0. The predicted octanol–water partition coefficient (Wildman–Crippen LogP) is 2.86. The van der Waals surface area contributed by atoms with Crippen LogP contribution in [0.5, 0.6) is 11.5 Å². The fraction of sp³-hybridized carbons (Fsp3) is 0.385. The van der Waals surface area contributed by atoms with E-state index in [1.54, 1.807) is 12.1 Å². The number of rotatable bonds is 8. The number of carbonyl (C=O) groups is 2. The molecule has 0 spiro atoms. The van der Waals surface area contributed by atoms with Crippen LogP contribution in [0.4, 0.5) is 0 Å². The highest BCUT2D eigenvalue weighted by Gasteiger charge is 2.16. The van der Waals surface area contributed by atoms with Gasteiger partial charge in [0.05, 0.1) is 36.4 Å². The van der Waals surface area contributed by atoms with Gasteiger partial charge in [-0.05, 0) is 22.0 Å². The summed E-state index contributed by atoms with van der Waals surface area (Å²) in [5.74, 6) is 0.657. The van der Waals surface area contributed by atoms with Crippen molar-refractivity contribution in [3.8, 4) is 11.5 Å². The maximum absolute atomic E-state index is 12.1. The van der Waals surface area contributed by atoms with Crippen LogP contribution in [0, 0.1) is 0 Å². The lowest BCUT2D eigenvalue weighted by Gasteiger charge is -2.11. The average molecular weight is 363 g/mol. The van der Waals surface area contributed by atoms with E-state index in [1.807, 2.05) is 0 Å². The van der Waals surface area contributed by atoms with Gasteiger partial charge in [-0.15, -0.1) is 0 Å². The molecule has 1 aromatic carbocycles. The van der Waals surface area contributed by atoms with E-state index in [9.17, 15) is 9.59 Å². The monoisotopic (exact) mass is 362 g/mol. The maximum Gasteiger partial charge on any atom is 0.304 e. The molecule has 20 heavy (non-hydrogen) atoms. The van der Waals surface area contributed by atoms with Gasteiger partial charge in [0.15, 0.2) is 5.78 Å². The first-order valence-electron chi connectivity index (χ1n) is 5.73. The first-order chi connectivity index (χ1) is 9.49. The summed E-state index contributed by atoms with van der Waals surface area (Å²) >= 11 is 4.61. The first kappa shape index (κ1) is 16.8. The molecule has 0 amide bonds. The second kappa shape index (κ2) is 8.16. The van der Waals surface area contributed by atoms with Crippen LogP contribution in [-0.4, -0.2) is 42.6 Å². The molecule has 110 valence electrons. The number of aliphatic carboxylic acids is 1. The zero-order chi connectivity index (χ0) is 15.1. The van der Waals surface area contributed by atoms with Gasteiger partial charge in [-0.3, -0.25) is 9.59 Å². The van der Waals surface area contributed by atoms with E-state index in [-0.39, 0.29) is 18.0 Å². The lowest BCUT2D eigenvalue weighted by Crippen LogP contribution is -2.07. The summed E-state index contributed by atoms with van der Waals surface area (Å²) in [5, 5.41) is 8.53. The second-order valence-corrected chi connectivity index (χ2v) is 5.77. The molecule has 0 saturated carbocycles. The van der Waals surface area contributed by atoms with Crippen LogP contribution in [0.15, 0.2) is 16.6 Å². The Bertz CT molecular complexity index is 504. The molecular weight excluding hydrogens is 348 g/mol. The lowest BCUT2D eigenvalue weighted by atomic mass is 10.1. The molecule has 0 aromatic heterocycles. The summed E-state index contributed by atoms with van der Waals surface area (Å²) in [6, 6.07) is 3.29. The van der Waals surface area contributed by atoms with E-state index in [2.05, 4.69) is 15.9 Å². The van der Waals surface area contributed by atoms with Crippen LogP contribution in [0.2, 0.25) is 0 Å². The Hall–Kier alpha value is -1.21. The molecule has 0 unspecified atom stereocenters. The van der Waals surface area contributed by atoms with Gasteiger partial charge in [-0.25, -0.2) is 0 Å². The second-order valence-electron chi connectivity index (χ2n) is 3.81. The largest absolute Gasteiger partial charge is 0.496 e. The van der Waals surface area contributed by atoms with Crippen LogP contribution in [0.1, 0.15) is 16.8 Å². The molecule has 0 aliphatic heterocycles. The molecule has 0 bridgehead atoms. The van der Waals surface area contributed by atoms with Gasteiger partial charge in [0.1, 0.15) is 11.5 Å². The Kier molecular flexibility index (Phi) is 6.87. The number of hydrogen-bond acceptors (Lipinski definition) is 5. The van der Waals surface area contributed by atoms with Crippen LogP contribution in [0.25, 0.3) is 0 Å². The summed E-state index contributed by atoms with van der Waals surface area (Å²) in [6.45, 7) is 0. The minimum Gasteiger partial charge on any atom is -0.496 e. The fourth-order valence-electron chi connectivity index (χ4n) is 1.48. The van der Waals surface area contributed by atoms with Crippen LogP contribution in [0.3, 0.4) is 0 Å². The topological polar surface area (TPSA) is 72.8 Å². The molecule has 0 aliphatic carbocycles. The number of methoxy groups -OCH3 is 2. The molecule has 0 aliphatic rings. The third kappa shape index (κ3) is 4.72. The van der Waals surface area contributed by atoms with Crippen molar-refractivity contribution in [2.45, 2.75) is 6.42 Å². The zero-order valence-corrected chi connectivity index (χ0v) is 13.5. The number of halogens is 1. The molecule has 5 nitrogen and oxygen atoms in total. The van der Waals surface area contributed by atoms with Crippen molar-refractivity contribution < 1.29 is 24.2 Å². The van der Waals surface area contributed by atoms with E-state index in [0.29, 0.717) is 27.3 Å². The molecule has 0 fully saturated rings. The number of carboxylic acids is 1. The van der Waals surface area contributed by atoms with E-state index < -0.39 is 5.97 Å². The fourth-order valence-corrected chi connectivity index (χ4v) is 2.79. The maximum atomic E-state index is 12.1. The van der Waals surface area contributed by atoms with Crippen LogP contribution in [-0.2, 0) is 4.79 Å². The quantitative estimate of drug-likeness (QED) is 0.566. The minimum atomic E-state index is -0.866. The third-order valence-corrected chi connectivity index (χ3v) is 4.05. The Balaban J connectivity index is 2.76. The standard InChI is InChI=1S/C13H15BrO5S/c1-18-11-6-12(19-2)9(14)5-8(11)10(15)7-20-4-3-13(16)17/h5-6H,3-4,7H2,1-2H3,(H,16,17). The number of thioether (sulfide) groups is 1. The molecular formula is C13H15BrO5S. The third-order valence-electron chi connectivity index (χ3n) is 2.47. The van der Waals surface area contributed by atoms with Crippen molar-refractivity contribution in [3.63, 3.8) is 0 Å². The number of ether oxygens (including phenoxy) is 2. The van der Waals surface area contributed by atoms with Gasteiger partial charge in [0, 0.05) is 11.8 Å². The van der Waals surface area contributed by atoms with Gasteiger partial charge in [0.25, 0.3) is 0 Å². The normalized spacial score (nSPS) is 10.2. The predicted molar refractivity (Wildman–Crippen MR) is 81.2 cm³/mol. The van der Waals surface area contributed by atoms with E-state index in [4.69, 9.17) is 14.6 Å². The summed E-state index contributed by atoms with van der Waals surface area (Å²) in [5.41, 5.74) is 0.447. The lowest BCUT2D eigenvalue weighted by molar-refractivity contribution is -0.136. The summed E-state index contributed by atoms with van der Waals surface area (Å²) in [6.07, 6.45) is 0.0430. The van der Waals surface area contributed by atoms with Crippen molar-refractivity contribution >= 4 is 39.4 Å². The Labute approximate surface area is 129 Å². The van der Waals surface area contributed by atoms with E-state index >= 15 is 0 Å². The number of carboxylic acid groups (broad SMARTS) is 1. The number of benzene rings is 1. The highest BCUT2D eigenvalue weighted by Crippen LogP contribution is 2.33. The number of carbonyl (C=O) groups excluding carboxylic acids is 1. The molecule has 7 heteroatoms. The Morgan fingerprint density at radius 3 is 2.45 bits per heavy atom. The first-order valence-corrected chi connectivity index (χ1v) is 7.68. The van der Waals surface area contributed by atoms with Crippen molar-refractivity contribution in [3.05, 3.63) is 22.2 Å². The molecule has 0 atom stereocenters. The SMILES string of the molecule is COc1cc(OC)c(C(=O)CSCCC(=O)O)cc1Br. The van der Waals surface area contributed by atoms with Gasteiger partial charge >= 0.3 is 5.97 Å². The van der Waals surface area contributed by atoms with Crippen LogP contribution < -0.4 is 9.47 Å². The average Bonchev–Trinajstić information content (AvgIpc) is 2.42. The Morgan fingerprint density at radius 1 is 1.25 bits per heavy atom. The van der Waals surface area contributed by atoms with E-state index in [1.165, 1.54) is 26.0 Å². The number of Topliss-reactive ketones (excluding diaryl/α,β-unsaturated/α-hetero) is 1. The number of hydrogen-bond donors (Lipinski definition) is 1. The molecule has 0 radical (unpaired) electrons. The molecule has 0 saturated heterocycles. The zero-order valence-electron chi connectivity index (χ0n) is 11.1. The van der Waals surface area contributed by atoms with Crippen LogP contribution >= 0.6 is 27.7 Å². The molecule has 1 rings (SSSR count). The smallest absolute Gasteiger partial charge is 0.304 e. The summed E-state index contributed by atoms with van der Waals surface area (Å²) in [4.78, 5) is 22.5. The highest BCUT2D eigenvalue weighted by atomic mass is 79.9. The van der Waals surface area contributed by atoms with E-state index in [0.717, 1.165) is 0 Å². The van der Waals surface area contributed by atoms with Crippen molar-refractivity contribution in [2.24, 2.45) is 0 Å². The Morgan fingerprint density at radius 2 is 1.90 bits per heavy atom. The van der Waals surface area contributed by atoms with Crippen molar-refractivity contribution in [1.29, 1.82) is 0 Å². The minimum absolute atomic E-state index is 0.0430. The van der Waals surface area contributed by atoms with Gasteiger partial charge < -0.3 is 14.6 Å².